The van der Waals surface area contributed by atoms with Crippen LogP contribution in [0.3, 0.4) is 0 Å². The highest BCUT2D eigenvalue weighted by Gasteiger charge is 2.39. The number of benzene rings is 2. The van der Waals surface area contributed by atoms with Crippen molar-refractivity contribution < 1.29 is 26.3 Å². The third-order valence-corrected chi connectivity index (χ3v) is 3.92. The quantitative estimate of drug-likeness (QED) is 0.565. The van der Waals surface area contributed by atoms with Gasteiger partial charge in [0.1, 0.15) is 0 Å². The Balaban J connectivity index is 2.71. The minimum atomic E-state index is -4.73. The molecule has 2 aromatic carbocycles. The van der Waals surface area contributed by atoms with Crippen molar-refractivity contribution in [2.75, 3.05) is 11.5 Å². The van der Waals surface area contributed by atoms with Gasteiger partial charge in [0.25, 0.3) is 0 Å². The summed E-state index contributed by atoms with van der Waals surface area (Å²) in [5.74, 6) is -1.10. The van der Waals surface area contributed by atoms with Crippen molar-refractivity contribution in [3.63, 3.8) is 0 Å². The number of nitrogens with two attached hydrogens (primary N) is 2. The van der Waals surface area contributed by atoms with Crippen molar-refractivity contribution in [1.29, 1.82) is 0 Å². The summed E-state index contributed by atoms with van der Waals surface area (Å²) in [7, 11) is 0. The van der Waals surface area contributed by atoms with E-state index >= 15 is 0 Å². The summed E-state index contributed by atoms with van der Waals surface area (Å²) >= 11 is 0. The molecule has 25 heavy (non-hydrogen) atoms. The van der Waals surface area contributed by atoms with Crippen LogP contribution in [0.25, 0.3) is 0 Å². The lowest BCUT2D eigenvalue weighted by molar-refractivity contribution is -0.138. The Kier molecular flexibility index (Phi) is 4.92. The summed E-state index contributed by atoms with van der Waals surface area (Å²) < 4.78 is 80.0. The molecule has 0 saturated heterocycles. The molecule has 8 heteroatoms. The molecule has 136 valence electrons. The molecule has 0 amide bonds. The second-order valence-electron chi connectivity index (χ2n) is 5.65. The van der Waals surface area contributed by atoms with E-state index in [-0.39, 0.29) is 28.9 Å². The highest BCUT2D eigenvalue weighted by Crippen LogP contribution is 2.44. The van der Waals surface area contributed by atoms with Gasteiger partial charge in [-0.1, -0.05) is 19.1 Å². The monoisotopic (exact) mass is 362 g/mol. The van der Waals surface area contributed by atoms with E-state index < -0.39 is 29.4 Å². The van der Waals surface area contributed by atoms with Gasteiger partial charge in [0.2, 0.25) is 0 Å². The molecule has 4 N–H and O–H groups in total. The van der Waals surface area contributed by atoms with Crippen molar-refractivity contribution >= 4 is 11.4 Å². The van der Waals surface area contributed by atoms with Crippen molar-refractivity contribution in [2.24, 2.45) is 0 Å². The average Bonchev–Trinajstić information content (AvgIpc) is 2.48. The summed E-state index contributed by atoms with van der Waals surface area (Å²) in [5, 5.41) is 0. The highest BCUT2D eigenvalue weighted by molar-refractivity contribution is 5.53. The molecule has 0 radical (unpaired) electrons. The SMILES string of the molecule is CCC(c1ccc(N)cc1C(F)(F)F)c1ccc(N)cc1C(F)(F)F. The zero-order valence-corrected chi connectivity index (χ0v) is 13.2. The summed E-state index contributed by atoms with van der Waals surface area (Å²) in [6.45, 7) is 1.53. The highest BCUT2D eigenvalue weighted by atomic mass is 19.4. The lowest BCUT2D eigenvalue weighted by Gasteiger charge is -2.24. The fraction of sp³-hybridized carbons (Fsp3) is 0.294. The fourth-order valence-corrected chi connectivity index (χ4v) is 2.85. The number of anilines is 2. The molecule has 0 aromatic heterocycles. The van der Waals surface area contributed by atoms with Gasteiger partial charge in [0, 0.05) is 17.3 Å². The van der Waals surface area contributed by atoms with Gasteiger partial charge in [-0.15, -0.1) is 0 Å². The molecule has 0 spiro atoms. The van der Waals surface area contributed by atoms with Crippen LogP contribution >= 0.6 is 0 Å². The van der Waals surface area contributed by atoms with Crippen LogP contribution in [-0.2, 0) is 12.4 Å². The maximum atomic E-state index is 13.3. The van der Waals surface area contributed by atoms with Gasteiger partial charge in [0.15, 0.2) is 0 Å². The van der Waals surface area contributed by atoms with Crippen LogP contribution in [-0.4, -0.2) is 0 Å². The van der Waals surface area contributed by atoms with E-state index in [4.69, 9.17) is 11.5 Å². The molecule has 2 aromatic rings. The maximum absolute atomic E-state index is 13.3. The molecule has 0 atom stereocenters. The minimum absolute atomic E-state index is 0.0417. The number of nitrogen functional groups attached to an aromatic ring is 2. The Hall–Kier alpha value is -2.38. The first-order valence-corrected chi connectivity index (χ1v) is 7.38. The topological polar surface area (TPSA) is 52.0 Å². The summed E-state index contributed by atoms with van der Waals surface area (Å²) in [5.41, 5.74) is 8.05. The van der Waals surface area contributed by atoms with Gasteiger partial charge in [-0.05, 0) is 41.8 Å². The molecule has 2 nitrogen and oxygen atoms in total. The van der Waals surface area contributed by atoms with Crippen LogP contribution in [0.2, 0.25) is 0 Å². The van der Waals surface area contributed by atoms with Crippen LogP contribution in [0.4, 0.5) is 37.7 Å². The van der Waals surface area contributed by atoms with Crippen LogP contribution in [0.15, 0.2) is 36.4 Å². The number of hydrogen-bond donors (Lipinski definition) is 2. The molecule has 0 bridgehead atoms. The number of rotatable bonds is 3. The molecule has 0 heterocycles. The van der Waals surface area contributed by atoms with Crippen LogP contribution in [0.1, 0.15) is 41.5 Å². The zero-order chi connectivity index (χ0) is 19.0. The van der Waals surface area contributed by atoms with Crippen molar-refractivity contribution in [3.8, 4) is 0 Å². The second-order valence-corrected chi connectivity index (χ2v) is 5.65. The Morgan fingerprint density at radius 1 is 0.760 bits per heavy atom. The summed E-state index contributed by atoms with van der Waals surface area (Å²) in [6.07, 6.45) is -9.42. The molecular formula is C17H16F6N2. The Labute approximate surface area is 140 Å². The van der Waals surface area contributed by atoms with Gasteiger partial charge < -0.3 is 11.5 Å². The number of alkyl halides is 6. The lowest BCUT2D eigenvalue weighted by Crippen LogP contribution is -2.17. The summed E-state index contributed by atoms with van der Waals surface area (Å²) in [4.78, 5) is 0. The molecule has 0 aliphatic rings. The molecule has 0 fully saturated rings. The van der Waals surface area contributed by atoms with E-state index in [0.717, 1.165) is 24.3 Å². The molecular weight excluding hydrogens is 346 g/mol. The smallest absolute Gasteiger partial charge is 0.399 e. The second kappa shape index (κ2) is 6.50. The Bertz CT molecular complexity index is 701. The van der Waals surface area contributed by atoms with Gasteiger partial charge in [-0.25, -0.2) is 0 Å². The van der Waals surface area contributed by atoms with E-state index in [2.05, 4.69) is 0 Å². The van der Waals surface area contributed by atoms with Crippen molar-refractivity contribution in [2.45, 2.75) is 31.6 Å². The first kappa shape index (κ1) is 19.0. The first-order chi connectivity index (χ1) is 11.4. The van der Waals surface area contributed by atoms with E-state index in [1.165, 1.54) is 19.1 Å². The number of hydrogen-bond acceptors (Lipinski definition) is 2. The van der Waals surface area contributed by atoms with Crippen LogP contribution in [0.5, 0.6) is 0 Å². The van der Waals surface area contributed by atoms with E-state index in [1.54, 1.807) is 0 Å². The summed E-state index contributed by atoms with van der Waals surface area (Å²) in [6, 6.07) is 6.23. The van der Waals surface area contributed by atoms with E-state index in [1.807, 2.05) is 0 Å². The van der Waals surface area contributed by atoms with E-state index in [9.17, 15) is 26.3 Å². The van der Waals surface area contributed by atoms with Gasteiger partial charge in [-0.3, -0.25) is 0 Å². The molecule has 0 aliphatic heterocycles. The molecule has 2 rings (SSSR count). The van der Waals surface area contributed by atoms with Crippen molar-refractivity contribution in [1.82, 2.24) is 0 Å². The minimum Gasteiger partial charge on any atom is -0.399 e. The van der Waals surface area contributed by atoms with Gasteiger partial charge in [0.05, 0.1) is 11.1 Å². The Morgan fingerprint density at radius 2 is 1.12 bits per heavy atom. The predicted octanol–water partition coefficient (Wildman–Crippen LogP) is 5.43. The normalized spacial score (nSPS) is 12.6. The van der Waals surface area contributed by atoms with Gasteiger partial charge in [-0.2, -0.15) is 26.3 Å². The molecule has 0 aliphatic carbocycles. The molecule has 0 saturated carbocycles. The third kappa shape index (κ3) is 4.00. The van der Waals surface area contributed by atoms with Crippen LogP contribution < -0.4 is 11.5 Å². The lowest BCUT2D eigenvalue weighted by atomic mass is 9.83. The van der Waals surface area contributed by atoms with E-state index in [0.29, 0.717) is 0 Å². The standard InChI is InChI=1S/C17H16F6N2/c1-2-11(12-5-3-9(24)7-14(12)16(18,19)20)13-6-4-10(25)8-15(13)17(21,22)23/h3-8,11H,2,24-25H2,1H3. The zero-order valence-electron chi connectivity index (χ0n) is 13.2. The third-order valence-electron chi connectivity index (χ3n) is 3.92. The fourth-order valence-electron chi connectivity index (χ4n) is 2.85. The molecule has 0 unspecified atom stereocenters. The number of halogens is 6. The average molecular weight is 362 g/mol. The van der Waals surface area contributed by atoms with Crippen molar-refractivity contribution in [3.05, 3.63) is 58.7 Å². The van der Waals surface area contributed by atoms with Crippen LogP contribution in [0, 0.1) is 0 Å². The first-order valence-electron chi connectivity index (χ1n) is 7.38. The van der Waals surface area contributed by atoms with Gasteiger partial charge >= 0.3 is 12.4 Å². The Morgan fingerprint density at radius 3 is 1.40 bits per heavy atom. The predicted molar refractivity (Wildman–Crippen MR) is 83.8 cm³/mol. The maximum Gasteiger partial charge on any atom is 0.416 e. The largest absolute Gasteiger partial charge is 0.416 e.